The molecule has 1 N–H and O–H groups in total. The second kappa shape index (κ2) is 9.84. The minimum Gasteiger partial charge on any atom is -0.493 e. The number of anilines is 1. The zero-order valence-corrected chi connectivity index (χ0v) is 18.2. The van der Waals surface area contributed by atoms with Crippen molar-refractivity contribution in [1.29, 1.82) is 0 Å². The number of hydrogen-bond acceptors (Lipinski definition) is 8. The fraction of sp³-hybridized carbons (Fsp3) is 0.550. The third-order valence-electron chi connectivity index (χ3n) is 5.32. The number of rotatable bonds is 9. The first-order chi connectivity index (χ1) is 14.5. The number of hydrogen-bond donors (Lipinski definition) is 1. The van der Waals surface area contributed by atoms with Gasteiger partial charge in [-0.1, -0.05) is 25.2 Å². The maximum Gasteiger partial charge on any atom is 0.286 e. The molecule has 10 heteroatoms. The smallest absolute Gasteiger partial charge is 0.286 e. The Morgan fingerprint density at radius 2 is 1.97 bits per heavy atom. The number of nitro benzene ring substituents is 1. The number of benzene rings is 1. The molecule has 1 saturated carbocycles. The number of methoxy groups -OCH3 is 1. The number of amides is 1. The molecule has 1 aliphatic rings. The summed E-state index contributed by atoms with van der Waals surface area (Å²) in [7, 11) is 1.44. The van der Waals surface area contributed by atoms with Gasteiger partial charge in [0.2, 0.25) is 5.13 Å². The molecule has 0 spiro atoms. The molecule has 1 fully saturated rings. The number of nitrogens with zero attached hydrogens (tertiary/aromatic N) is 3. The van der Waals surface area contributed by atoms with E-state index in [2.05, 4.69) is 29.4 Å². The normalized spacial score (nSPS) is 14.1. The predicted molar refractivity (Wildman–Crippen MR) is 114 cm³/mol. The van der Waals surface area contributed by atoms with E-state index in [9.17, 15) is 14.9 Å². The first kappa shape index (κ1) is 21.9. The Labute approximate surface area is 179 Å². The van der Waals surface area contributed by atoms with Gasteiger partial charge in [-0.15, -0.1) is 10.2 Å². The van der Waals surface area contributed by atoms with E-state index in [-0.39, 0.29) is 34.8 Å². The lowest BCUT2D eigenvalue weighted by Crippen LogP contribution is -2.16. The van der Waals surface area contributed by atoms with Crippen molar-refractivity contribution < 1.29 is 19.2 Å². The van der Waals surface area contributed by atoms with Crippen LogP contribution in [-0.2, 0) is 0 Å². The van der Waals surface area contributed by atoms with Crippen molar-refractivity contribution in [1.82, 2.24) is 10.2 Å². The van der Waals surface area contributed by atoms with Crippen molar-refractivity contribution in [2.75, 3.05) is 12.4 Å². The quantitative estimate of drug-likeness (QED) is 0.439. The van der Waals surface area contributed by atoms with E-state index in [1.54, 1.807) is 0 Å². The molecule has 0 radical (unpaired) electrons. The molecule has 0 unspecified atom stereocenters. The van der Waals surface area contributed by atoms with Gasteiger partial charge in [0, 0.05) is 12.0 Å². The standard InChI is InChI=1S/C20H26N4O5S/c1-4-12(5-2)19-22-23-20(30-19)21-18(25)14-10-16(28-3)17(11-15(14)24(26)27)29-13-8-6-7-9-13/h10-13H,4-9H2,1-3H3,(H,21,23,25). The molecule has 30 heavy (non-hydrogen) atoms. The molecule has 0 bridgehead atoms. The molecule has 0 aliphatic heterocycles. The van der Waals surface area contributed by atoms with Crippen LogP contribution in [0.3, 0.4) is 0 Å². The average molecular weight is 435 g/mol. The predicted octanol–water partition coefficient (Wildman–Crippen LogP) is 4.93. The highest BCUT2D eigenvalue weighted by atomic mass is 32.1. The molecule has 2 aromatic rings. The summed E-state index contributed by atoms with van der Waals surface area (Å²) in [6, 6.07) is 2.61. The molecule has 9 nitrogen and oxygen atoms in total. The molecule has 1 aromatic heterocycles. The van der Waals surface area contributed by atoms with Crippen LogP contribution in [0.15, 0.2) is 12.1 Å². The van der Waals surface area contributed by atoms with Crippen LogP contribution in [0.25, 0.3) is 0 Å². The summed E-state index contributed by atoms with van der Waals surface area (Å²) in [5.41, 5.74) is -0.457. The van der Waals surface area contributed by atoms with Crippen molar-refractivity contribution >= 4 is 28.1 Å². The van der Waals surface area contributed by atoms with Crippen LogP contribution in [0.2, 0.25) is 0 Å². The number of nitro groups is 1. The van der Waals surface area contributed by atoms with Gasteiger partial charge in [-0.25, -0.2) is 0 Å². The molecular weight excluding hydrogens is 408 g/mol. The van der Waals surface area contributed by atoms with Gasteiger partial charge in [-0.2, -0.15) is 0 Å². The third kappa shape index (κ3) is 4.86. The minimum atomic E-state index is -0.639. The first-order valence-corrected chi connectivity index (χ1v) is 11.0. The Bertz CT molecular complexity index is 907. The molecule has 1 amide bonds. The highest BCUT2D eigenvalue weighted by Crippen LogP contribution is 2.37. The Kier molecular flexibility index (Phi) is 7.20. The Hall–Kier alpha value is -2.75. The Morgan fingerprint density at radius 1 is 1.27 bits per heavy atom. The number of carbonyl (C=O) groups excluding carboxylic acids is 1. The lowest BCUT2D eigenvalue weighted by atomic mass is 10.1. The third-order valence-corrected chi connectivity index (χ3v) is 6.32. The molecule has 0 saturated heterocycles. The van der Waals surface area contributed by atoms with Gasteiger partial charge in [0.05, 0.1) is 24.2 Å². The highest BCUT2D eigenvalue weighted by molar-refractivity contribution is 7.15. The summed E-state index contributed by atoms with van der Waals surface area (Å²) < 4.78 is 11.3. The van der Waals surface area contributed by atoms with Crippen molar-refractivity contribution in [2.45, 2.75) is 64.4 Å². The van der Waals surface area contributed by atoms with Crippen LogP contribution < -0.4 is 14.8 Å². The van der Waals surface area contributed by atoms with Gasteiger partial charge in [0.25, 0.3) is 11.6 Å². The van der Waals surface area contributed by atoms with Crippen LogP contribution in [0.5, 0.6) is 11.5 Å². The summed E-state index contributed by atoms with van der Waals surface area (Å²) >= 11 is 1.28. The monoisotopic (exact) mass is 434 g/mol. The fourth-order valence-corrected chi connectivity index (χ4v) is 4.58. The highest BCUT2D eigenvalue weighted by Gasteiger charge is 2.27. The second-order valence-electron chi connectivity index (χ2n) is 7.21. The van der Waals surface area contributed by atoms with Crippen LogP contribution >= 0.6 is 11.3 Å². The van der Waals surface area contributed by atoms with Gasteiger partial charge in [0.1, 0.15) is 10.6 Å². The van der Waals surface area contributed by atoms with Crippen molar-refractivity contribution in [2.24, 2.45) is 0 Å². The maximum atomic E-state index is 12.8. The molecule has 3 rings (SSSR count). The SMILES string of the molecule is CCC(CC)c1nnc(NC(=O)c2cc(OC)c(OC3CCCC3)cc2[N+](=O)[O-])s1. The van der Waals surface area contributed by atoms with Gasteiger partial charge in [0.15, 0.2) is 11.5 Å². The summed E-state index contributed by atoms with van der Waals surface area (Å²) in [6.07, 6.45) is 5.77. The lowest BCUT2D eigenvalue weighted by Gasteiger charge is -2.16. The van der Waals surface area contributed by atoms with Crippen LogP contribution in [0.4, 0.5) is 10.8 Å². The number of aromatic nitrogens is 2. The summed E-state index contributed by atoms with van der Waals surface area (Å²) in [4.78, 5) is 23.9. The Morgan fingerprint density at radius 3 is 2.57 bits per heavy atom. The number of nitrogens with one attached hydrogen (secondary N) is 1. The molecule has 162 valence electrons. The van der Waals surface area contributed by atoms with Gasteiger partial charge >= 0.3 is 0 Å². The topological polar surface area (TPSA) is 116 Å². The van der Waals surface area contributed by atoms with E-state index in [0.717, 1.165) is 43.5 Å². The van der Waals surface area contributed by atoms with E-state index in [0.29, 0.717) is 5.13 Å². The minimum absolute atomic E-state index is 0.00284. The molecule has 0 atom stereocenters. The van der Waals surface area contributed by atoms with Gasteiger partial charge < -0.3 is 9.47 Å². The summed E-state index contributed by atoms with van der Waals surface area (Å²) in [5, 5.41) is 23.6. The van der Waals surface area contributed by atoms with Crippen LogP contribution in [0, 0.1) is 10.1 Å². The first-order valence-electron chi connectivity index (χ1n) is 10.1. The van der Waals surface area contributed by atoms with Crippen molar-refractivity contribution in [3.63, 3.8) is 0 Å². The largest absolute Gasteiger partial charge is 0.493 e. The fourth-order valence-electron chi connectivity index (χ4n) is 3.57. The molecule has 1 aromatic carbocycles. The van der Waals surface area contributed by atoms with Gasteiger partial charge in [-0.3, -0.25) is 20.2 Å². The molecule has 1 aliphatic carbocycles. The number of ether oxygens (including phenoxy) is 2. The van der Waals surface area contributed by atoms with E-state index in [1.165, 1.54) is 30.6 Å². The van der Waals surface area contributed by atoms with E-state index in [4.69, 9.17) is 9.47 Å². The van der Waals surface area contributed by atoms with Crippen LogP contribution in [-0.4, -0.2) is 34.2 Å². The van der Waals surface area contributed by atoms with E-state index in [1.807, 2.05) is 0 Å². The van der Waals surface area contributed by atoms with Crippen LogP contribution in [0.1, 0.15) is 73.7 Å². The average Bonchev–Trinajstić information content (AvgIpc) is 3.41. The van der Waals surface area contributed by atoms with Crippen molar-refractivity contribution in [3.05, 3.63) is 32.8 Å². The van der Waals surface area contributed by atoms with Gasteiger partial charge in [-0.05, 0) is 38.5 Å². The Balaban J connectivity index is 1.86. The second-order valence-corrected chi connectivity index (χ2v) is 8.22. The summed E-state index contributed by atoms with van der Waals surface area (Å²) in [6.45, 7) is 4.14. The van der Waals surface area contributed by atoms with E-state index < -0.39 is 10.8 Å². The molecule has 1 heterocycles. The molecular formula is C20H26N4O5S. The lowest BCUT2D eigenvalue weighted by molar-refractivity contribution is -0.385. The zero-order chi connectivity index (χ0) is 21.7. The van der Waals surface area contributed by atoms with Crippen molar-refractivity contribution in [3.8, 4) is 11.5 Å². The maximum absolute atomic E-state index is 12.8. The van der Waals surface area contributed by atoms with E-state index >= 15 is 0 Å². The zero-order valence-electron chi connectivity index (χ0n) is 17.3. The number of carbonyl (C=O) groups is 1. The summed E-state index contributed by atoms with van der Waals surface area (Å²) in [5.74, 6) is 0.196.